The van der Waals surface area contributed by atoms with E-state index < -0.39 is 17.9 Å². The Labute approximate surface area is 225 Å². The van der Waals surface area contributed by atoms with E-state index in [2.05, 4.69) is 27.1 Å². The van der Waals surface area contributed by atoms with Gasteiger partial charge in [-0.05, 0) is 50.3 Å². The predicted octanol–water partition coefficient (Wildman–Crippen LogP) is 3.24. The molecule has 0 aliphatic carbocycles. The van der Waals surface area contributed by atoms with Crippen molar-refractivity contribution in [2.24, 2.45) is 5.10 Å². The van der Waals surface area contributed by atoms with Crippen LogP contribution in [0.1, 0.15) is 31.0 Å². The second-order valence-corrected chi connectivity index (χ2v) is 8.43. The van der Waals surface area contributed by atoms with Crippen molar-refractivity contribution in [3.8, 4) is 23.8 Å². The number of nitrogens with one attached hydrogen (secondary N) is 3. The molecule has 1 amide bonds. The third-order valence-electron chi connectivity index (χ3n) is 5.03. The van der Waals surface area contributed by atoms with Crippen LogP contribution in [0, 0.1) is 12.3 Å². The number of halogens is 1. The molecule has 9 nitrogen and oxygen atoms in total. The minimum atomic E-state index is -0.630. The standard InChI is InChI=1S/C26H25ClN4O5S/c1-4-12-35-20-11-10-18(27)13-17(20)14-28-31-22(32)15-36-21-9-7-6-8-19(21)24-23(25(33)34-5-2)16(3)29-26(37)30-24/h1,6-11,13-14,24H,5,12,15H2,2-3H3,(H,31,32)(H2,29,30,37)/t24-/m0/s1. The number of benzene rings is 2. The summed E-state index contributed by atoms with van der Waals surface area (Å²) >= 11 is 11.3. The van der Waals surface area contributed by atoms with Crippen molar-refractivity contribution in [3.05, 3.63) is 69.9 Å². The molecule has 0 saturated carbocycles. The van der Waals surface area contributed by atoms with Gasteiger partial charge in [0.05, 0.1) is 24.4 Å². The highest BCUT2D eigenvalue weighted by Gasteiger charge is 2.32. The molecule has 0 aromatic heterocycles. The molecule has 0 spiro atoms. The molecular weight excluding hydrogens is 516 g/mol. The quantitative estimate of drug-likeness (QED) is 0.138. The zero-order valence-corrected chi connectivity index (χ0v) is 21.7. The maximum absolute atomic E-state index is 12.7. The van der Waals surface area contributed by atoms with Gasteiger partial charge in [-0.3, -0.25) is 4.79 Å². The van der Waals surface area contributed by atoms with E-state index >= 15 is 0 Å². The number of amides is 1. The van der Waals surface area contributed by atoms with E-state index in [1.54, 1.807) is 56.3 Å². The smallest absolute Gasteiger partial charge is 0.338 e. The second-order valence-electron chi connectivity index (χ2n) is 7.59. The van der Waals surface area contributed by atoms with Gasteiger partial charge in [0.1, 0.15) is 18.1 Å². The molecule has 0 fully saturated rings. The normalized spacial score (nSPS) is 14.9. The summed E-state index contributed by atoms with van der Waals surface area (Å²) in [4.78, 5) is 25.1. The van der Waals surface area contributed by atoms with E-state index in [-0.39, 0.29) is 19.8 Å². The van der Waals surface area contributed by atoms with Crippen LogP contribution in [0.5, 0.6) is 11.5 Å². The number of ether oxygens (including phenoxy) is 3. The number of hydrazone groups is 1. The largest absolute Gasteiger partial charge is 0.483 e. The Morgan fingerprint density at radius 1 is 1.24 bits per heavy atom. The van der Waals surface area contributed by atoms with Gasteiger partial charge < -0.3 is 24.8 Å². The number of nitrogens with zero attached hydrogens (tertiary/aromatic N) is 1. The predicted molar refractivity (Wildman–Crippen MR) is 144 cm³/mol. The number of esters is 1. The number of terminal acetylenes is 1. The van der Waals surface area contributed by atoms with Crippen molar-refractivity contribution in [1.29, 1.82) is 0 Å². The number of hydrogen-bond donors (Lipinski definition) is 3. The lowest BCUT2D eigenvalue weighted by atomic mass is 9.95. The van der Waals surface area contributed by atoms with Gasteiger partial charge in [0.25, 0.3) is 5.91 Å². The molecule has 1 heterocycles. The summed E-state index contributed by atoms with van der Waals surface area (Å²) in [6.07, 6.45) is 6.63. The molecule has 0 radical (unpaired) electrons. The number of rotatable bonds is 10. The van der Waals surface area contributed by atoms with Gasteiger partial charge in [-0.1, -0.05) is 35.7 Å². The molecule has 2 aromatic carbocycles. The summed E-state index contributed by atoms with van der Waals surface area (Å²) in [6.45, 7) is 3.43. The first kappa shape index (κ1) is 27.5. The van der Waals surface area contributed by atoms with Crippen molar-refractivity contribution in [1.82, 2.24) is 16.1 Å². The lowest BCUT2D eigenvalue weighted by molar-refractivity contribution is -0.139. The molecule has 3 N–H and O–H groups in total. The minimum absolute atomic E-state index is 0.0747. The van der Waals surface area contributed by atoms with Crippen LogP contribution in [0.25, 0.3) is 0 Å². The monoisotopic (exact) mass is 540 g/mol. The zero-order chi connectivity index (χ0) is 26.8. The maximum Gasteiger partial charge on any atom is 0.338 e. The Morgan fingerprint density at radius 3 is 2.78 bits per heavy atom. The van der Waals surface area contributed by atoms with Crippen molar-refractivity contribution in [2.75, 3.05) is 19.8 Å². The summed E-state index contributed by atoms with van der Waals surface area (Å²) in [5.41, 5.74) is 4.48. The lowest BCUT2D eigenvalue weighted by Crippen LogP contribution is -2.45. The fourth-order valence-corrected chi connectivity index (χ4v) is 3.93. The SMILES string of the molecule is C#CCOc1ccc(Cl)cc1C=NNC(=O)COc1ccccc1[C@@H]1NC(=S)NC(C)=C1C(=O)OCC. The first-order valence-corrected chi connectivity index (χ1v) is 12.0. The van der Waals surface area contributed by atoms with Crippen LogP contribution in [0.2, 0.25) is 5.02 Å². The van der Waals surface area contributed by atoms with E-state index in [1.807, 2.05) is 0 Å². The van der Waals surface area contributed by atoms with Gasteiger partial charge >= 0.3 is 5.97 Å². The summed E-state index contributed by atoms with van der Waals surface area (Å²) in [5, 5.41) is 10.8. The van der Waals surface area contributed by atoms with Crippen LogP contribution >= 0.6 is 23.8 Å². The molecule has 3 rings (SSSR count). The number of para-hydroxylation sites is 1. The Bertz CT molecular complexity index is 1290. The highest BCUT2D eigenvalue weighted by molar-refractivity contribution is 7.80. The molecule has 0 saturated heterocycles. The first-order chi connectivity index (χ1) is 17.8. The molecule has 1 aliphatic heterocycles. The average Bonchev–Trinajstić information content (AvgIpc) is 2.87. The third-order valence-corrected chi connectivity index (χ3v) is 5.48. The maximum atomic E-state index is 12.7. The first-order valence-electron chi connectivity index (χ1n) is 11.2. The summed E-state index contributed by atoms with van der Waals surface area (Å²) < 4.78 is 16.5. The zero-order valence-electron chi connectivity index (χ0n) is 20.2. The third kappa shape index (κ3) is 7.46. The summed E-state index contributed by atoms with van der Waals surface area (Å²) in [5.74, 6) is 2.25. The molecule has 37 heavy (non-hydrogen) atoms. The Hall–Kier alpha value is -4.07. The molecule has 1 aliphatic rings. The van der Waals surface area contributed by atoms with Crippen molar-refractivity contribution >= 4 is 47.0 Å². The van der Waals surface area contributed by atoms with Crippen LogP contribution in [0.15, 0.2) is 58.8 Å². The van der Waals surface area contributed by atoms with Crippen LogP contribution in [-0.2, 0) is 14.3 Å². The average molecular weight is 541 g/mol. The molecule has 1 atom stereocenters. The number of carbonyl (C=O) groups excluding carboxylic acids is 2. The minimum Gasteiger partial charge on any atom is -0.483 e. The van der Waals surface area contributed by atoms with Crippen molar-refractivity contribution in [3.63, 3.8) is 0 Å². The van der Waals surface area contributed by atoms with Gasteiger partial charge in [-0.25, -0.2) is 10.2 Å². The van der Waals surface area contributed by atoms with Crippen LogP contribution in [0.3, 0.4) is 0 Å². The molecule has 192 valence electrons. The topological polar surface area (TPSA) is 110 Å². The van der Waals surface area contributed by atoms with E-state index in [0.29, 0.717) is 44.0 Å². The fraction of sp³-hybridized carbons (Fsp3) is 0.231. The van der Waals surface area contributed by atoms with Crippen LogP contribution in [-0.4, -0.2) is 43.0 Å². The number of thiocarbonyl (C=S) groups is 1. The number of hydrogen-bond acceptors (Lipinski definition) is 7. The molecule has 2 aromatic rings. The molecule has 0 bridgehead atoms. The Balaban J connectivity index is 1.71. The van der Waals surface area contributed by atoms with Gasteiger partial charge in [-0.15, -0.1) is 6.42 Å². The van der Waals surface area contributed by atoms with E-state index in [0.717, 1.165) is 0 Å². The molecule has 11 heteroatoms. The summed E-state index contributed by atoms with van der Waals surface area (Å²) in [7, 11) is 0. The number of allylic oxidation sites excluding steroid dienone is 1. The summed E-state index contributed by atoms with van der Waals surface area (Å²) in [6, 6.07) is 11.3. The van der Waals surface area contributed by atoms with Crippen molar-refractivity contribution < 1.29 is 23.8 Å². The molecular formula is C26H25ClN4O5S. The van der Waals surface area contributed by atoms with Gasteiger partial charge in [0.15, 0.2) is 11.7 Å². The number of carbonyl (C=O) groups is 2. The van der Waals surface area contributed by atoms with E-state index in [4.69, 9.17) is 44.5 Å². The lowest BCUT2D eigenvalue weighted by Gasteiger charge is -2.30. The fourth-order valence-electron chi connectivity index (χ4n) is 3.48. The van der Waals surface area contributed by atoms with Gasteiger partial charge in [0.2, 0.25) is 0 Å². The molecule has 0 unspecified atom stereocenters. The van der Waals surface area contributed by atoms with Gasteiger partial charge in [-0.2, -0.15) is 5.10 Å². The Morgan fingerprint density at radius 2 is 2.03 bits per heavy atom. The van der Waals surface area contributed by atoms with E-state index in [9.17, 15) is 9.59 Å². The van der Waals surface area contributed by atoms with Crippen molar-refractivity contribution in [2.45, 2.75) is 19.9 Å². The van der Waals surface area contributed by atoms with Gasteiger partial charge in [0, 0.05) is 21.8 Å². The Kier molecular flexibility index (Phi) is 9.89. The van der Waals surface area contributed by atoms with Crippen LogP contribution in [0.4, 0.5) is 0 Å². The highest BCUT2D eigenvalue weighted by atomic mass is 35.5. The van der Waals surface area contributed by atoms with Crippen LogP contribution < -0.4 is 25.5 Å². The van der Waals surface area contributed by atoms with E-state index in [1.165, 1.54) is 6.21 Å². The second kappa shape index (κ2) is 13.3. The highest BCUT2D eigenvalue weighted by Crippen LogP contribution is 2.33.